The fraction of sp³-hybridized carbons (Fsp3) is 1.00. The molecule has 5 heteroatoms. The second kappa shape index (κ2) is 6.00. The van der Waals surface area contributed by atoms with Gasteiger partial charge in [0.2, 0.25) is 0 Å². The highest BCUT2D eigenvalue weighted by molar-refractivity contribution is 4.99. The first-order valence-electron chi connectivity index (χ1n) is 7.48. The predicted octanol–water partition coefficient (Wildman–Crippen LogP) is 3.32. The number of hydrogen-bond acceptors (Lipinski definition) is 2. The molecule has 0 spiro atoms. The van der Waals surface area contributed by atoms with Gasteiger partial charge in [-0.1, -0.05) is 6.92 Å². The van der Waals surface area contributed by atoms with Crippen molar-refractivity contribution >= 4 is 0 Å². The molecule has 0 aromatic rings. The Labute approximate surface area is 113 Å². The van der Waals surface area contributed by atoms with Crippen LogP contribution < -0.4 is 5.32 Å². The SMILES string of the molecule is CCCNC1CC2CCC(C1)N2C(C)CC(F)(F)F. The van der Waals surface area contributed by atoms with Gasteiger partial charge in [-0.05, 0) is 45.6 Å². The zero-order valence-electron chi connectivity index (χ0n) is 11.8. The highest BCUT2D eigenvalue weighted by atomic mass is 19.4. The van der Waals surface area contributed by atoms with Crippen molar-refractivity contribution in [2.75, 3.05) is 6.54 Å². The zero-order valence-corrected chi connectivity index (χ0v) is 11.8. The van der Waals surface area contributed by atoms with Crippen molar-refractivity contribution in [3.63, 3.8) is 0 Å². The van der Waals surface area contributed by atoms with Crippen molar-refractivity contribution < 1.29 is 13.2 Å². The van der Waals surface area contributed by atoms with Crippen molar-refractivity contribution in [1.82, 2.24) is 10.2 Å². The van der Waals surface area contributed by atoms with Gasteiger partial charge in [-0.25, -0.2) is 0 Å². The quantitative estimate of drug-likeness (QED) is 0.830. The van der Waals surface area contributed by atoms with Crippen molar-refractivity contribution in [3.05, 3.63) is 0 Å². The normalized spacial score (nSPS) is 33.6. The lowest BCUT2D eigenvalue weighted by atomic mass is 9.95. The molecule has 2 heterocycles. The summed E-state index contributed by atoms with van der Waals surface area (Å²) in [6.45, 7) is 4.89. The van der Waals surface area contributed by atoms with Crippen LogP contribution in [0.4, 0.5) is 13.2 Å². The Hall–Kier alpha value is -0.290. The lowest BCUT2D eigenvalue weighted by Gasteiger charge is -2.43. The second-order valence-electron chi connectivity index (χ2n) is 6.12. The standard InChI is InChI=1S/C14H25F3N2/c1-3-6-18-11-7-12-4-5-13(8-11)19(12)10(2)9-14(15,16)17/h10-13,18H,3-9H2,1-2H3. The third-order valence-corrected chi connectivity index (χ3v) is 4.51. The summed E-state index contributed by atoms with van der Waals surface area (Å²) in [5.74, 6) is 0. The molecule has 0 aliphatic carbocycles. The molecular formula is C14H25F3N2. The van der Waals surface area contributed by atoms with E-state index < -0.39 is 12.6 Å². The van der Waals surface area contributed by atoms with E-state index in [4.69, 9.17) is 0 Å². The van der Waals surface area contributed by atoms with Gasteiger partial charge >= 0.3 is 6.18 Å². The zero-order chi connectivity index (χ0) is 14.0. The van der Waals surface area contributed by atoms with Crippen molar-refractivity contribution in [3.8, 4) is 0 Å². The van der Waals surface area contributed by atoms with Crippen LogP contribution in [0, 0.1) is 0 Å². The van der Waals surface area contributed by atoms with E-state index >= 15 is 0 Å². The number of nitrogens with zero attached hydrogens (tertiary/aromatic N) is 1. The Kier molecular flexibility index (Phi) is 4.77. The molecule has 0 aromatic carbocycles. The molecule has 2 rings (SSSR count). The Morgan fingerprint density at radius 3 is 2.26 bits per heavy atom. The largest absolute Gasteiger partial charge is 0.390 e. The minimum Gasteiger partial charge on any atom is -0.314 e. The number of nitrogens with one attached hydrogen (secondary N) is 1. The van der Waals surface area contributed by atoms with Gasteiger partial charge in [-0.3, -0.25) is 4.90 Å². The first-order valence-corrected chi connectivity index (χ1v) is 7.48. The van der Waals surface area contributed by atoms with E-state index in [0.717, 1.165) is 38.6 Å². The maximum absolute atomic E-state index is 12.5. The summed E-state index contributed by atoms with van der Waals surface area (Å²) < 4.78 is 37.6. The van der Waals surface area contributed by atoms with Crippen LogP contribution in [-0.2, 0) is 0 Å². The molecule has 2 saturated heterocycles. The van der Waals surface area contributed by atoms with E-state index in [2.05, 4.69) is 17.1 Å². The molecule has 2 aliphatic heterocycles. The van der Waals surface area contributed by atoms with Crippen LogP contribution in [0.5, 0.6) is 0 Å². The molecule has 2 nitrogen and oxygen atoms in total. The maximum atomic E-state index is 12.5. The lowest BCUT2D eigenvalue weighted by molar-refractivity contribution is -0.149. The van der Waals surface area contributed by atoms with Crippen LogP contribution >= 0.6 is 0 Å². The third kappa shape index (κ3) is 3.85. The van der Waals surface area contributed by atoms with Crippen LogP contribution in [0.3, 0.4) is 0 Å². The van der Waals surface area contributed by atoms with Gasteiger partial charge in [0, 0.05) is 24.2 Å². The van der Waals surface area contributed by atoms with E-state index in [1.165, 1.54) is 0 Å². The number of halogens is 3. The van der Waals surface area contributed by atoms with Crippen LogP contribution in [0.15, 0.2) is 0 Å². The monoisotopic (exact) mass is 278 g/mol. The first kappa shape index (κ1) is 15.1. The number of alkyl halides is 3. The van der Waals surface area contributed by atoms with Crippen LogP contribution in [0.25, 0.3) is 0 Å². The first-order chi connectivity index (χ1) is 8.90. The molecule has 2 aliphatic rings. The van der Waals surface area contributed by atoms with Gasteiger partial charge in [0.25, 0.3) is 0 Å². The van der Waals surface area contributed by atoms with Crippen LogP contribution in [0.2, 0.25) is 0 Å². The number of piperidine rings is 1. The number of fused-ring (bicyclic) bond motifs is 2. The van der Waals surface area contributed by atoms with E-state index in [9.17, 15) is 13.2 Å². The lowest BCUT2D eigenvalue weighted by Crippen LogP contribution is -2.53. The van der Waals surface area contributed by atoms with Gasteiger partial charge in [-0.15, -0.1) is 0 Å². The van der Waals surface area contributed by atoms with Crippen molar-refractivity contribution in [2.24, 2.45) is 0 Å². The Bertz CT molecular complexity index is 279. The minimum absolute atomic E-state index is 0.352. The fourth-order valence-corrected chi connectivity index (χ4v) is 3.89. The van der Waals surface area contributed by atoms with E-state index in [0.29, 0.717) is 18.1 Å². The maximum Gasteiger partial charge on any atom is 0.390 e. The van der Waals surface area contributed by atoms with Crippen molar-refractivity contribution in [1.29, 1.82) is 0 Å². The molecule has 0 amide bonds. The molecule has 2 fully saturated rings. The average Bonchev–Trinajstić information content (AvgIpc) is 2.56. The number of hydrogen-bond donors (Lipinski definition) is 1. The third-order valence-electron chi connectivity index (χ3n) is 4.51. The highest BCUT2D eigenvalue weighted by Crippen LogP contribution is 2.39. The Morgan fingerprint density at radius 2 is 1.79 bits per heavy atom. The van der Waals surface area contributed by atoms with Gasteiger partial charge in [0.05, 0.1) is 6.42 Å². The molecule has 3 unspecified atom stereocenters. The van der Waals surface area contributed by atoms with Crippen LogP contribution in [-0.4, -0.2) is 41.8 Å². The summed E-state index contributed by atoms with van der Waals surface area (Å²) in [6, 6.07) is 0.840. The van der Waals surface area contributed by atoms with E-state index in [1.54, 1.807) is 6.92 Å². The second-order valence-corrected chi connectivity index (χ2v) is 6.12. The minimum atomic E-state index is -4.05. The fourth-order valence-electron chi connectivity index (χ4n) is 3.89. The Morgan fingerprint density at radius 1 is 1.21 bits per heavy atom. The van der Waals surface area contributed by atoms with E-state index in [-0.39, 0.29) is 6.04 Å². The van der Waals surface area contributed by atoms with Gasteiger partial charge in [0.1, 0.15) is 0 Å². The van der Waals surface area contributed by atoms with Crippen LogP contribution in [0.1, 0.15) is 52.4 Å². The summed E-state index contributed by atoms with van der Waals surface area (Å²) in [5.41, 5.74) is 0. The predicted molar refractivity (Wildman–Crippen MR) is 70.1 cm³/mol. The molecular weight excluding hydrogens is 253 g/mol. The molecule has 19 heavy (non-hydrogen) atoms. The van der Waals surface area contributed by atoms with Gasteiger partial charge in [0.15, 0.2) is 0 Å². The van der Waals surface area contributed by atoms with E-state index in [1.807, 2.05) is 0 Å². The Balaban J connectivity index is 1.91. The molecule has 0 radical (unpaired) electrons. The summed E-state index contributed by atoms with van der Waals surface area (Å²) in [6.07, 6.45) is 0.551. The summed E-state index contributed by atoms with van der Waals surface area (Å²) in [4.78, 5) is 2.15. The molecule has 0 aromatic heterocycles. The van der Waals surface area contributed by atoms with Gasteiger partial charge in [-0.2, -0.15) is 13.2 Å². The smallest absolute Gasteiger partial charge is 0.314 e. The summed E-state index contributed by atoms with van der Waals surface area (Å²) in [7, 11) is 0. The van der Waals surface area contributed by atoms with Gasteiger partial charge < -0.3 is 5.32 Å². The average molecular weight is 278 g/mol. The van der Waals surface area contributed by atoms with Crippen molar-refractivity contribution in [2.45, 2.75) is 82.7 Å². The summed E-state index contributed by atoms with van der Waals surface area (Å²) >= 11 is 0. The highest BCUT2D eigenvalue weighted by Gasteiger charge is 2.44. The molecule has 1 N–H and O–H groups in total. The molecule has 2 bridgehead atoms. The summed E-state index contributed by atoms with van der Waals surface area (Å²) in [5, 5.41) is 3.53. The molecule has 0 saturated carbocycles. The molecule has 112 valence electrons. The number of rotatable bonds is 5. The molecule has 3 atom stereocenters. The topological polar surface area (TPSA) is 15.3 Å².